The summed E-state index contributed by atoms with van der Waals surface area (Å²) in [5.74, 6) is 0.485. The van der Waals surface area contributed by atoms with E-state index in [0.29, 0.717) is 5.69 Å². The molecule has 0 saturated heterocycles. The van der Waals surface area contributed by atoms with E-state index in [9.17, 15) is 4.79 Å². The Morgan fingerprint density at radius 1 is 1.19 bits per heavy atom. The molecule has 0 fully saturated rings. The van der Waals surface area contributed by atoms with Crippen LogP contribution in [0.25, 0.3) is 11.3 Å². The summed E-state index contributed by atoms with van der Waals surface area (Å²) in [7, 11) is 1.62. The first-order chi connectivity index (χ1) is 12.8. The Hall–Kier alpha value is -3.41. The fourth-order valence-electron chi connectivity index (χ4n) is 3.16. The van der Waals surface area contributed by atoms with Gasteiger partial charge >= 0.3 is 0 Å². The zero-order valence-electron chi connectivity index (χ0n) is 14.3. The molecule has 3 aromatic rings. The number of methoxy groups -OCH3 is 1. The van der Waals surface area contributed by atoms with Crippen molar-refractivity contribution in [2.24, 2.45) is 5.10 Å². The fraction of sp³-hybridized carbons (Fsp3) is 0.150. The number of fused-ring (bicyclic) bond motifs is 3. The number of nitrogens with zero attached hydrogens (tertiary/aromatic N) is 2. The first kappa shape index (κ1) is 16.1. The van der Waals surface area contributed by atoms with E-state index in [4.69, 9.17) is 4.74 Å². The van der Waals surface area contributed by atoms with Crippen LogP contribution in [-0.2, 0) is 12.8 Å². The summed E-state index contributed by atoms with van der Waals surface area (Å²) in [6, 6.07) is 15.6. The van der Waals surface area contributed by atoms with Crippen molar-refractivity contribution in [1.29, 1.82) is 0 Å². The van der Waals surface area contributed by atoms with Gasteiger partial charge in [0.25, 0.3) is 5.91 Å². The van der Waals surface area contributed by atoms with Gasteiger partial charge in [0, 0.05) is 11.1 Å². The van der Waals surface area contributed by atoms with E-state index in [1.54, 1.807) is 13.3 Å². The number of carbonyl (C=O) groups is 1. The number of ether oxygens (including phenoxy) is 1. The number of amides is 1. The number of rotatable bonds is 4. The normalized spacial score (nSPS) is 12.5. The smallest absolute Gasteiger partial charge is 0.289 e. The molecule has 0 unspecified atom stereocenters. The number of hydrazone groups is 1. The minimum Gasteiger partial charge on any atom is -0.497 e. The summed E-state index contributed by atoms with van der Waals surface area (Å²) >= 11 is 0. The molecule has 1 aromatic heterocycles. The van der Waals surface area contributed by atoms with Crippen LogP contribution in [0.1, 0.15) is 27.2 Å². The SMILES string of the molecule is COc1ccc(C=NNC(=O)c2[nH]nc3c2CCc2ccccc2-3)cc1. The van der Waals surface area contributed by atoms with Gasteiger partial charge in [-0.2, -0.15) is 10.2 Å². The summed E-state index contributed by atoms with van der Waals surface area (Å²) in [6.07, 6.45) is 3.28. The number of nitrogens with one attached hydrogen (secondary N) is 2. The first-order valence-electron chi connectivity index (χ1n) is 8.39. The number of hydrogen-bond donors (Lipinski definition) is 2. The Balaban J connectivity index is 1.50. The van der Waals surface area contributed by atoms with Crippen molar-refractivity contribution in [1.82, 2.24) is 15.6 Å². The van der Waals surface area contributed by atoms with Crippen molar-refractivity contribution in [3.8, 4) is 17.0 Å². The number of aromatic nitrogens is 2. The van der Waals surface area contributed by atoms with Crippen molar-refractivity contribution < 1.29 is 9.53 Å². The maximum atomic E-state index is 12.5. The molecular formula is C20H18N4O2. The van der Waals surface area contributed by atoms with Crippen molar-refractivity contribution in [3.63, 3.8) is 0 Å². The molecule has 2 N–H and O–H groups in total. The van der Waals surface area contributed by atoms with E-state index >= 15 is 0 Å². The predicted octanol–water partition coefficient (Wildman–Crippen LogP) is 2.95. The van der Waals surface area contributed by atoms with Gasteiger partial charge in [-0.1, -0.05) is 24.3 Å². The quantitative estimate of drug-likeness (QED) is 0.563. The van der Waals surface area contributed by atoms with Gasteiger partial charge in [-0.25, -0.2) is 5.43 Å². The molecule has 4 rings (SSSR count). The third-order valence-electron chi connectivity index (χ3n) is 4.51. The molecule has 1 aliphatic carbocycles. The molecule has 1 heterocycles. The Labute approximate surface area is 150 Å². The minimum absolute atomic E-state index is 0.289. The second-order valence-corrected chi connectivity index (χ2v) is 6.06. The van der Waals surface area contributed by atoms with Gasteiger partial charge in [-0.15, -0.1) is 0 Å². The van der Waals surface area contributed by atoms with Crippen molar-refractivity contribution in [2.75, 3.05) is 7.11 Å². The molecule has 0 spiro atoms. The van der Waals surface area contributed by atoms with Crippen molar-refractivity contribution in [3.05, 3.63) is 70.9 Å². The zero-order valence-corrected chi connectivity index (χ0v) is 14.3. The van der Waals surface area contributed by atoms with Gasteiger partial charge in [-0.3, -0.25) is 9.89 Å². The van der Waals surface area contributed by atoms with Crippen LogP contribution in [0.3, 0.4) is 0 Å². The molecule has 0 atom stereocenters. The second-order valence-electron chi connectivity index (χ2n) is 6.06. The summed E-state index contributed by atoms with van der Waals surface area (Å²) in [4.78, 5) is 12.5. The average molecular weight is 346 g/mol. The van der Waals surface area contributed by atoms with Crippen LogP contribution in [0.5, 0.6) is 5.75 Å². The molecule has 6 nitrogen and oxygen atoms in total. The predicted molar refractivity (Wildman–Crippen MR) is 99.5 cm³/mol. The van der Waals surface area contributed by atoms with Crippen LogP contribution in [-0.4, -0.2) is 29.4 Å². The number of hydrogen-bond acceptors (Lipinski definition) is 4. The van der Waals surface area contributed by atoms with Crippen LogP contribution < -0.4 is 10.2 Å². The Bertz CT molecular complexity index is 974. The highest BCUT2D eigenvalue weighted by molar-refractivity contribution is 5.96. The molecule has 130 valence electrons. The Kier molecular flexibility index (Phi) is 4.23. The Morgan fingerprint density at radius 2 is 2.00 bits per heavy atom. The number of H-pyrrole nitrogens is 1. The second kappa shape index (κ2) is 6.84. The summed E-state index contributed by atoms with van der Waals surface area (Å²) in [5, 5.41) is 11.3. The fourth-order valence-corrected chi connectivity index (χ4v) is 3.16. The van der Waals surface area contributed by atoms with Gasteiger partial charge in [0.15, 0.2) is 0 Å². The molecule has 0 bridgehead atoms. The number of benzene rings is 2. The lowest BCUT2D eigenvalue weighted by Crippen LogP contribution is -2.20. The van der Waals surface area contributed by atoms with Gasteiger partial charge in [0.05, 0.1) is 19.0 Å². The molecule has 26 heavy (non-hydrogen) atoms. The number of carbonyl (C=O) groups excluding carboxylic acids is 1. The van der Waals surface area contributed by atoms with Crippen LogP contribution in [0.4, 0.5) is 0 Å². The molecule has 1 aliphatic rings. The monoisotopic (exact) mass is 346 g/mol. The molecular weight excluding hydrogens is 328 g/mol. The molecule has 0 saturated carbocycles. The van der Waals surface area contributed by atoms with Crippen LogP contribution in [0.15, 0.2) is 53.6 Å². The topological polar surface area (TPSA) is 79.4 Å². The molecule has 6 heteroatoms. The maximum absolute atomic E-state index is 12.5. The van der Waals surface area contributed by atoms with Crippen LogP contribution in [0, 0.1) is 0 Å². The lowest BCUT2D eigenvalue weighted by atomic mass is 9.89. The standard InChI is InChI=1S/C20H18N4O2/c1-26-15-9-6-13(7-10-15)12-21-24-20(25)19-17-11-8-14-4-2-3-5-16(14)18(17)22-23-19/h2-7,9-10,12H,8,11H2,1H3,(H,22,23)(H,24,25). The van der Waals surface area contributed by atoms with Crippen molar-refractivity contribution >= 4 is 12.1 Å². The lowest BCUT2D eigenvalue weighted by Gasteiger charge is -2.15. The molecule has 2 aromatic carbocycles. The van der Waals surface area contributed by atoms with E-state index in [0.717, 1.165) is 41.0 Å². The van der Waals surface area contributed by atoms with Crippen LogP contribution >= 0.6 is 0 Å². The zero-order chi connectivity index (χ0) is 17.9. The van der Waals surface area contributed by atoms with E-state index in [-0.39, 0.29) is 5.91 Å². The average Bonchev–Trinajstić information content (AvgIpc) is 3.13. The van der Waals surface area contributed by atoms with Gasteiger partial charge < -0.3 is 4.74 Å². The molecule has 0 aliphatic heterocycles. The number of aromatic amines is 1. The highest BCUT2D eigenvalue weighted by atomic mass is 16.5. The summed E-state index contributed by atoms with van der Waals surface area (Å²) in [5.41, 5.74) is 8.06. The maximum Gasteiger partial charge on any atom is 0.289 e. The van der Waals surface area contributed by atoms with Gasteiger partial charge in [0.1, 0.15) is 11.4 Å². The van der Waals surface area contributed by atoms with E-state index in [2.05, 4.69) is 26.8 Å². The molecule has 1 amide bonds. The highest BCUT2D eigenvalue weighted by Crippen LogP contribution is 2.33. The third kappa shape index (κ3) is 2.97. The summed E-state index contributed by atoms with van der Waals surface area (Å²) in [6.45, 7) is 0. The largest absolute Gasteiger partial charge is 0.497 e. The third-order valence-corrected chi connectivity index (χ3v) is 4.51. The summed E-state index contributed by atoms with van der Waals surface area (Å²) < 4.78 is 5.11. The van der Waals surface area contributed by atoms with Crippen LogP contribution in [0.2, 0.25) is 0 Å². The highest BCUT2D eigenvalue weighted by Gasteiger charge is 2.24. The van der Waals surface area contributed by atoms with E-state index < -0.39 is 0 Å². The first-order valence-corrected chi connectivity index (χ1v) is 8.39. The van der Waals surface area contributed by atoms with E-state index in [1.807, 2.05) is 42.5 Å². The van der Waals surface area contributed by atoms with Gasteiger partial charge in [-0.05, 0) is 48.2 Å². The minimum atomic E-state index is -0.289. The van der Waals surface area contributed by atoms with E-state index in [1.165, 1.54) is 5.56 Å². The molecule has 0 radical (unpaired) electrons. The van der Waals surface area contributed by atoms with Crippen molar-refractivity contribution in [2.45, 2.75) is 12.8 Å². The Morgan fingerprint density at radius 3 is 2.81 bits per heavy atom. The van der Waals surface area contributed by atoms with Gasteiger partial charge in [0.2, 0.25) is 0 Å². The lowest BCUT2D eigenvalue weighted by molar-refractivity contribution is 0.0949. The number of aryl methyl sites for hydroxylation is 1.